The van der Waals surface area contributed by atoms with Crippen LogP contribution in [0.2, 0.25) is 0 Å². The maximum atomic E-state index is 13.6. The second-order valence-electron chi connectivity index (χ2n) is 11.7. The molecule has 2 aromatic rings. The highest BCUT2D eigenvalue weighted by Crippen LogP contribution is 2.39. The monoisotopic (exact) mass is 686 g/mol. The van der Waals surface area contributed by atoms with Gasteiger partial charge in [0.1, 0.15) is 17.5 Å². The van der Waals surface area contributed by atoms with Gasteiger partial charge in [-0.1, -0.05) is 43.3 Å². The van der Waals surface area contributed by atoms with Crippen LogP contribution in [0, 0.1) is 5.41 Å². The van der Waals surface area contributed by atoms with E-state index in [9.17, 15) is 43.4 Å². The van der Waals surface area contributed by atoms with Crippen LogP contribution in [-0.4, -0.2) is 108 Å². The topological polar surface area (TPSA) is 212 Å². The molecule has 16 heteroatoms. The van der Waals surface area contributed by atoms with Crippen LogP contribution in [0.3, 0.4) is 0 Å². The Morgan fingerprint density at radius 3 is 2.08 bits per heavy atom. The molecular formula is C33H43FN6O9. The van der Waals surface area contributed by atoms with E-state index >= 15 is 0 Å². The first kappa shape index (κ1) is 38.5. The van der Waals surface area contributed by atoms with Crippen molar-refractivity contribution in [2.45, 2.75) is 83.7 Å². The molecular weight excluding hydrogens is 643 g/mol. The number of alkyl halides is 1. The summed E-state index contributed by atoms with van der Waals surface area (Å²) in [5.74, 6) is -6.56. The Balaban J connectivity index is 1.58. The number of imide groups is 2. The minimum absolute atomic E-state index is 0.119. The van der Waals surface area contributed by atoms with Crippen molar-refractivity contribution < 1.29 is 48.5 Å². The Hall–Kier alpha value is -4.99. The molecule has 266 valence electrons. The summed E-state index contributed by atoms with van der Waals surface area (Å²) in [4.78, 5) is 77.2. The molecule has 1 aromatic heterocycles. The molecule has 15 nitrogen and oxygen atoms in total. The molecule has 0 saturated carbocycles. The smallest absolute Gasteiger partial charge is 0.335 e. The molecule has 2 unspecified atom stereocenters. The lowest BCUT2D eigenvalue weighted by atomic mass is 9.77. The largest absolute Gasteiger partial charge is 0.481 e. The van der Waals surface area contributed by atoms with Gasteiger partial charge in [0.15, 0.2) is 0 Å². The molecule has 0 spiro atoms. The van der Waals surface area contributed by atoms with Crippen molar-refractivity contribution >= 4 is 41.8 Å². The number of amides is 4. The van der Waals surface area contributed by atoms with Gasteiger partial charge in [-0.05, 0) is 75.6 Å². The summed E-state index contributed by atoms with van der Waals surface area (Å²) in [6.07, 6.45) is 5.63. The van der Waals surface area contributed by atoms with Crippen molar-refractivity contribution in [3.8, 4) is 5.69 Å². The highest BCUT2D eigenvalue weighted by atomic mass is 19.1. The maximum absolute atomic E-state index is 13.6. The number of carboxylic acids is 3. The van der Waals surface area contributed by atoms with E-state index < -0.39 is 72.8 Å². The van der Waals surface area contributed by atoms with Crippen LogP contribution >= 0.6 is 0 Å². The molecule has 1 aliphatic rings. The lowest BCUT2D eigenvalue weighted by Gasteiger charge is -2.46. The molecule has 4 N–H and O–H groups in total. The minimum atomic E-state index is -1.89. The first-order chi connectivity index (χ1) is 23.4. The van der Waals surface area contributed by atoms with Crippen molar-refractivity contribution in [2.75, 3.05) is 19.8 Å². The fourth-order valence-electron chi connectivity index (χ4n) is 5.73. The number of barbiturate groups is 1. The van der Waals surface area contributed by atoms with Crippen LogP contribution < -0.4 is 5.32 Å². The third kappa shape index (κ3) is 9.34. The fourth-order valence-corrected chi connectivity index (χ4v) is 5.73. The van der Waals surface area contributed by atoms with E-state index in [4.69, 9.17) is 5.11 Å². The van der Waals surface area contributed by atoms with Crippen LogP contribution in [0.25, 0.3) is 11.8 Å². The lowest BCUT2D eigenvalue weighted by Crippen LogP contribution is -2.70. The number of nitrogens with one attached hydrogen (secondary N) is 1. The second kappa shape index (κ2) is 18.0. The van der Waals surface area contributed by atoms with Gasteiger partial charge in [0.25, 0.3) is 0 Å². The number of aromatic nitrogens is 3. The van der Waals surface area contributed by atoms with Crippen LogP contribution in [0.1, 0.15) is 76.5 Å². The molecule has 3 rings (SSSR count). The van der Waals surface area contributed by atoms with E-state index in [2.05, 4.69) is 15.6 Å². The summed E-state index contributed by atoms with van der Waals surface area (Å²) in [6.45, 7) is 3.61. The summed E-state index contributed by atoms with van der Waals surface area (Å²) in [5.41, 5.74) is 0.607. The Bertz CT molecular complexity index is 1520. The van der Waals surface area contributed by atoms with Gasteiger partial charge in [0.05, 0.1) is 24.3 Å². The number of carboxylic acid groups (broad SMARTS) is 3. The molecule has 1 fully saturated rings. The van der Waals surface area contributed by atoms with Crippen molar-refractivity contribution in [3.05, 3.63) is 47.8 Å². The first-order valence-electron chi connectivity index (χ1n) is 16.2. The number of carbonyl (C=O) groups is 6. The molecule has 1 aliphatic heterocycles. The van der Waals surface area contributed by atoms with Gasteiger partial charge >= 0.3 is 23.9 Å². The van der Waals surface area contributed by atoms with E-state index in [1.165, 1.54) is 13.8 Å². The maximum Gasteiger partial charge on any atom is 0.335 e. The quantitative estimate of drug-likeness (QED) is 0.110. The minimum Gasteiger partial charge on any atom is -0.481 e. The van der Waals surface area contributed by atoms with Gasteiger partial charge in [-0.15, -0.1) is 5.10 Å². The van der Waals surface area contributed by atoms with Crippen LogP contribution in [0.5, 0.6) is 0 Å². The number of rotatable bonds is 21. The molecule has 0 aliphatic carbocycles. The Morgan fingerprint density at radius 2 is 1.53 bits per heavy atom. The van der Waals surface area contributed by atoms with Gasteiger partial charge in [0, 0.05) is 13.0 Å². The Labute approximate surface area is 282 Å². The van der Waals surface area contributed by atoms with E-state index in [0.717, 1.165) is 16.9 Å². The number of carbonyl (C=O) groups excluding carboxylic acids is 3. The Morgan fingerprint density at radius 1 is 0.918 bits per heavy atom. The summed E-state index contributed by atoms with van der Waals surface area (Å²) < 4.78 is 14.0. The van der Waals surface area contributed by atoms with Gasteiger partial charge in [0.2, 0.25) is 11.8 Å². The highest BCUT2D eigenvalue weighted by molar-refractivity contribution is 6.21. The van der Waals surface area contributed by atoms with Crippen molar-refractivity contribution in [3.63, 3.8) is 0 Å². The van der Waals surface area contributed by atoms with Crippen molar-refractivity contribution in [2.24, 2.45) is 5.41 Å². The number of benzene rings is 1. The normalized spacial score (nSPS) is 15.9. The van der Waals surface area contributed by atoms with Crippen molar-refractivity contribution in [1.29, 1.82) is 0 Å². The summed E-state index contributed by atoms with van der Waals surface area (Å²) in [6, 6.07) is 2.66. The zero-order chi connectivity index (χ0) is 36.1. The van der Waals surface area contributed by atoms with E-state index in [1.807, 2.05) is 36.4 Å². The van der Waals surface area contributed by atoms with Crippen LogP contribution in [0.15, 0.2) is 36.5 Å². The molecule has 0 bridgehead atoms. The number of urea groups is 1. The van der Waals surface area contributed by atoms with E-state index in [-0.39, 0.29) is 25.7 Å². The van der Waals surface area contributed by atoms with E-state index in [1.54, 1.807) is 10.9 Å². The fraction of sp³-hybridized carbons (Fsp3) is 0.515. The van der Waals surface area contributed by atoms with E-state index in [0.29, 0.717) is 42.2 Å². The SMILES string of the molecule is CCC1(CC)C(=O)N(C(CCCCNC/C=C/c2ccc(-n3cc(CCCF)nn3)cc2)C(=O)O)C(=O)N(C(CCC(=O)O)C(=O)O)C1=O. The van der Waals surface area contributed by atoms with Crippen LogP contribution in [0.4, 0.5) is 9.18 Å². The number of unbranched alkanes of at least 4 members (excludes halogenated alkanes) is 1. The zero-order valence-corrected chi connectivity index (χ0v) is 27.6. The number of halogens is 1. The number of aliphatic carboxylic acids is 3. The number of aryl methyl sites for hydroxylation is 1. The molecule has 0 radical (unpaired) electrons. The molecule has 1 saturated heterocycles. The second-order valence-corrected chi connectivity index (χ2v) is 11.7. The average molecular weight is 687 g/mol. The molecule has 2 atom stereocenters. The molecule has 49 heavy (non-hydrogen) atoms. The summed E-state index contributed by atoms with van der Waals surface area (Å²) in [7, 11) is 0. The summed E-state index contributed by atoms with van der Waals surface area (Å²) >= 11 is 0. The Kier molecular flexibility index (Phi) is 14.1. The van der Waals surface area contributed by atoms with Gasteiger partial charge in [-0.2, -0.15) is 0 Å². The predicted molar refractivity (Wildman–Crippen MR) is 173 cm³/mol. The lowest BCUT2D eigenvalue weighted by molar-refractivity contribution is -0.170. The van der Waals surface area contributed by atoms with Gasteiger partial charge in [-0.3, -0.25) is 18.8 Å². The third-order valence-electron chi connectivity index (χ3n) is 8.62. The molecule has 4 amide bonds. The number of hydrogen-bond acceptors (Lipinski definition) is 9. The standard InChI is InChI=1S/C33H43FN6O9/c1-3-33(4-2)30(47)39(32(49)40(31(33)48)26(29(45)46)16-17-27(41)42)25(28(43)44)11-5-6-19-35-20-8-9-22-12-14-24(15-13-22)38-21-23(36-37-38)10-7-18-34/h8-9,12-15,21,25-26,35H,3-7,10-11,16-20H2,1-2H3,(H,41,42)(H,43,44)(H,45,46)/b9-8+. The molecule has 2 heterocycles. The molecule has 1 aromatic carbocycles. The van der Waals surface area contributed by atoms with Crippen LogP contribution in [-0.2, 0) is 30.4 Å². The first-order valence-corrected chi connectivity index (χ1v) is 16.2. The average Bonchev–Trinajstić information content (AvgIpc) is 3.55. The van der Waals surface area contributed by atoms with Gasteiger partial charge in [-0.25, -0.2) is 28.9 Å². The van der Waals surface area contributed by atoms with Gasteiger partial charge < -0.3 is 20.6 Å². The number of nitrogens with zero attached hydrogens (tertiary/aromatic N) is 5. The third-order valence-corrected chi connectivity index (χ3v) is 8.62. The summed E-state index contributed by atoms with van der Waals surface area (Å²) in [5, 5.41) is 40.3. The highest BCUT2D eigenvalue weighted by Gasteiger charge is 2.59. The predicted octanol–water partition coefficient (Wildman–Crippen LogP) is 3.31. The number of hydrogen-bond donors (Lipinski definition) is 4. The zero-order valence-electron chi connectivity index (χ0n) is 27.6. The van der Waals surface area contributed by atoms with Crippen molar-refractivity contribution in [1.82, 2.24) is 30.1 Å².